The van der Waals surface area contributed by atoms with E-state index in [1.165, 1.54) is 37.7 Å². The van der Waals surface area contributed by atoms with Crippen molar-refractivity contribution in [2.75, 3.05) is 42.9 Å². The third kappa shape index (κ3) is 4.08. The van der Waals surface area contributed by atoms with Crippen molar-refractivity contribution in [1.29, 1.82) is 0 Å². The molecule has 174 valence electrons. The minimum Gasteiger partial charge on any atom is -0.462 e. The van der Waals surface area contributed by atoms with Crippen LogP contribution in [0.5, 0.6) is 0 Å². The van der Waals surface area contributed by atoms with Crippen LogP contribution in [0.4, 0.5) is 17.2 Å². The number of nitrogens with one attached hydrogen (secondary N) is 1. The molecule has 0 spiro atoms. The number of primary amides is 1. The normalized spacial score (nSPS) is 16.8. The number of carbonyl (C=O) groups is 1. The number of anilines is 3. The Bertz CT molecular complexity index is 1320. The zero-order valence-electron chi connectivity index (χ0n) is 18.7. The van der Waals surface area contributed by atoms with Gasteiger partial charge in [-0.15, -0.1) is 0 Å². The zero-order chi connectivity index (χ0) is 23.1. The fourth-order valence-electron chi connectivity index (χ4n) is 4.42. The van der Waals surface area contributed by atoms with Gasteiger partial charge in [-0.05, 0) is 49.1 Å². The number of hydrogen-bond donors (Lipinski definition) is 2. The molecule has 4 heterocycles. The number of aromatic nitrogens is 4. The first-order valence-electron chi connectivity index (χ1n) is 11.6. The van der Waals surface area contributed by atoms with Crippen LogP contribution in [0.3, 0.4) is 0 Å². The Morgan fingerprint density at radius 1 is 1.12 bits per heavy atom. The topological polar surface area (TPSA) is 118 Å². The predicted molar refractivity (Wildman–Crippen MR) is 128 cm³/mol. The van der Waals surface area contributed by atoms with Crippen LogP contribution < -0.4 is 16.0 Å². The molecule has 6 rings (SSSR count). The van der Waals surface area contributed by atoms with Crippen molar-refractivity contribution in [1.82, 2.24) is 24.5 Å². The van der Waals surface area contributed by atoms with Crippen molar-refractivity contribution in [2.45, 2.75) is 12.8 Å². The molecule has 4 aromatic rings. The second kappa shape index (κ2) is 8.45. The molecule has 1 amide bonds. The molecule has 3 N–H and O–H groups in total. The van der Waals surface area contributed by atoms with Crippen LogP contribution in [0.1, 0.15) is 23.2 Å². The number of nitrogens with two attached hydrogens (primary N) is 1. The molecule has 3 aromatic heterocycles. The molecule has 2 fully saturated rings. The first kappa shape index (κ1) is 20.7. The smallest absolute Gasteiger partial charge is 0.251 e. The number of benzene rings is 1. The second-order valence-corrected chi connectivity index (χ2v) is 8.95. The molecule has 1 saturated carbocycles. The number of amides is 1. The highest BCUT2D eigenvalue weighted by Gasteiger charge is 2.26. The fraction of sp³-hybridized carbons (Fsp3) is 0.333. The molecule has 1 aliphatic carbocycles. The van der Waals surface area contributed by atoms with Crippen LogP contribution >= 0.6 is 0 Å². The van der Waals surface area contributed by atoms with Crippen LogP contribution in [0, 0.1) is 5.92 Å². The van der Waals surface area contributed by atoms with Crippen LogP contribution in [-0.4, -0.2) is 63.1 Å². The van der Waals surface area contributed by atoms with E-state index >= 15 is 0 Å². The molecular formula is C24H26N8O2. The number of furan rings is 1. The third-order valence-corrected chi connectivity index (χ3v) is 6.52. The van der Waals surface area contributed by atoms with Gasteiger partial charge in [-0.2, -0.15) is 5.10 Å². The van der Waals surface area contributed by atoms with E-state index in [0.29, 0.717) is 22.9 Å². The van der Waals surface area contributed by atoms with Crippen LogP contribution in [0.2, 0.25) is 0 Å². The SMILES string of the molecule is NC(=O)c1coc(-c2cnc(Nc3ccc(N4CCN(CC5CC5)CC4)cc3)c3ncnn23)c1. The monoisotopic (exact) mass is 458 g/mol. The number of carbonyl (C=O) groups excluding carboxylic acids is 1. The molecule has 2 aliphatic rings. The molecule has 1 saturated heterocycles. The highest BCUT2D eigenvalue weighted by Crippen LogP contribution is 2.30. The van der Waals surface area contributed by atoms with Crippen LogP contribution in [-0.2, 0) is 0 Å². The van der Waals surface area contributed by atoms with Gasteiger partial charge in [-0.25, -0.2) is 14.5 Å². The Labute approximate surface area is 196 Å². The molecular weight excluding hydrogens is 432 g/mol. The molecule has 0 bridgehead atoms. The first-order chi connectivity index (χ1) is 16.6. The van der Waals surface area contributed by atoms with E-state index in [1.54, 1.807) is 16.8 Å². The molecule has 1 aromatic carbocycles. The van der Waals surface area contributed by atoms with Gasteiger partial charge in [0.2, 0.25) is 0 Å². The number of piperazine rings is 1. The van der Waals surface area contributed by atoms with Gasteiger partial charge in [-0.1, -0.05) is 0 Å². The Kier molecular flexibility index (Phi) is 5.14. The summed E-state index contributed by atoms with van der Waals surface area (Å²) in [4.78, 5) is 25.3. The quantitative estimate of drug-likeness (QED) is 0.434. The Morgan fingerprint density at radius 2 is 1.91 bits per heavy atom. The molecule has 0 atom stereocenters. The maximum absolute atomic E-state index is 11.4. The van der Waals surface area contributed by atoms with Crippen molar-refractivity contribution < 1.29 is 9.21 Å². The highest BCUT2D eigenvalue weighted by atomic mass is 16.3. The van der Waals surface area contributed by atoms with Crippen molar-refractivity contribution in [3.05, 3.63) is 54.7 Å². The largest absolute Gasteiger partial charge is 0.462 e. The average molecular weight is 459 g/mol. The predicted octanol–water partition coefficient (Wildman–Crippen LogP) is 2.76. The highest BCUT2D eigenvalue weighted by molar-refractivity contribution is 5.93. The second-order valence-electron chi connectivity index (χ2n) is 8.95. The molecule has 0 radical (unpaired) electrons. The minimum atomic E-state index is -0.556. The Hall–Kier alpha value is -3.92. The lowest BCUT2D eigenvalue weighted by atomic mass is 10.2. The molecule has 10 heteroatoms. The average Bonchev–Trinajstić information content (AvgIpc) is 3.32. The summed E-state index contributed by atoms with van der Waals surface area (Å²) in [6.45, 7) is 5.66. The fourth-order valence-corrected chi connectivity index (χ4v) is 4.42. The maximum atomic E-state index is 11.4. The van der Waals surface area contributed by atoms with E-state index in [-0.39, 0.29) is 5.56 Å². The maximum Gasteiger partial charge on any atom is 0.251 e. The van der Waals surface area contributed by atoms with Crippen molar-refractivity contribution in [3.8, 4) is 11.5 Å². The summed E-state index contributed by atoms with van der Waals surface area (Å²) in [5, 5.41) is 7.63. The third-order valence-electron chi connectivity index (χ3n) is 6.52. The molecule has 10 nitrogen and oxygen atoms in total. The summed E-state index contributed by atoms with van der Waals surface area (Å²) < 4.78 is 7.11. The summed E-state index contributed by atoms with van der Waals surface area (Å²) in [6, 6.07) is 9.96. The molecule has 1 aliphatic heterocycles. The minimum absolute atomic E-state index is 0.287. The summed E-state index contributed by atoms with van der Waals surface area (Å²) in [7, 11) is 0. The first-order valence-corrected chi connectivity index (χ1v) is 11.6. The van der Waals surface area contributed by atoms with Crippen molar-refractivity contribution >= 4 is 28.7 Å². The summed E-state index contributed by atoms with van der Waals surface area (Å²) >= 11 is 0. The van der Waals surface area contributed by atoms with Crippen molar-refractivity contribution in [3.63, 3.8) is 0 Å². The van der Waals surface area contributed by atoms with Crippen LogP contribution in [0.25, 0.3) is 17.1 Å². The standard InChI is InChI=1S/C24H26N8O2/c25-22(33)17-11-21(34-14-17)20-12-26-23(24-27-15-28-32(20)24)29-18-3-5-19(6-4-18)31-9-7-30(8-10-31)13-16-1-2-16/h3-6,11-12,14-16H,1-2,7-10,13H2,(H2,25,33)(H,26,29). The van der Waals surface area contributed by atoms with E-state index in [4.69, 9.17) is 10.2 Å². The lowest BCUT2D eigenvalue weighted by Crippen LogP contribution is -2.47. The van der Waals surface area contributed by atoms with E-state index in [9.17, 15) is 4.79 Å². The van der Waals surface area contributed by atoms with Crippen molar-refractivity contribution in [2.24, 2.45) is 11.7 Å². The van der Waals surface area contributed by atoms with Gasteiger partial charge in [0.15, 0.2) is 17.2 Å². The summed E-state index contributed by atoms with van der Waals surface area (Å²) in [6.07, 6.45) is 7.22. The van der Waals surface area contributed by atoms with Gasteiger partial charge in [0.05, 0.1) is 11.8 Å². The van der Waals surface area contributed by atoms with Gasteiger partial charge in [0.25, 0.3) is 5.91 Å². The zero-order valence-corrected chi connectivity index (χ0v) is 18.7. The van der Waals surface area contributed by atoms with Crippen LogP contribution in [0.15, 0.2) is 53.5 Å². The summed E-state index contributed by atoms with van der Waals surface area (Å²) in [5.41, 5.74) is 8.88. The van der Waals surface area contributed by atoms with Gasteiger partial charge in [0.1, 0.15) is 18.3 Å². The number of fused-ring (bicyclic) bond motifs is 1. The van der Waals surface area contributed by atoms with Gasteiger partial charge in [0, 0.05) is 44.1 Å². The lowest BCUT2D eigenvalue weighted by Gasteiger charge is -2.36. The number of rotatable bonds is 7. The number of nitrogens with zero attached hydrogens (tertiary/aromatic N) is 6. The van der Waals surface area contributed by atoms with E-state index < -0.39 is 5.91 Å². The molecule has 34 heavy (non-hydrogen) atoms. The van der Waals surface area contributed by atoms with E-state index in [2.05, 4.69) is 54.4 Å². The number of hydrogen-bond acceptors (Lipinski definition) is 8. The van der Waals surface area contributed by atoms with Gasteiger partial charge < -0.3 is 20.4 Å². The van der Waals surface area contributed by atoms with Gasteiger partial charge in [-0.3, -0.25) is 9.69 Å². The van der Waals surface area contributed by atoms with E-state index in [1.807, 2.05) is 0 Å². The Balaban J connectivity index is 1.16. The lowest BCUT2D eigenvalue weighted by molar-refractivity contribution is 0.0999. The molecule has 0 unspecified atom stereocenters. The Morgan fingerprint density at radius 3 is 2.62 bits per heavy atom. The van der Waals surface area contributed by atoms with E-state index in [0.717, 1.165) is 37.8 Å². The van der Waals surface area contributed by atoms with Gasteiger partial charge >= 0.3 is 0 Å². The summed E-state index contributed by atoms with van der Waals surface area (Å²) in [5.74, 6) is 1.40.